The van der Waals surface area contributed by atoms with Gasteiger partial charge < -0.3 is 5.11 Å². The van der Waals surface area contributed by atoms with E-state index in [-0.39, 0.29) is 6.61 Å². The Bertz CT molecular complexity index is 1040. The second kappa shape index (κ2) is 8.29. The summed E-state index contributed by atoms with van der Waals surface area (Å²) in [5.74, 6) is 0. The molecule has 1 atom stereocenters. The largest absolute Gasteiger partial charge is 0.395 e. The van der Waals surface area contributed by atoms with E-state index < -0.39 is 15.4 Å². The first-order valence-electron chi connectivity index (χ1n) is 8.44. The van der Waals surface area contributed by atoms with Gasteiger partial charge in [0.2, 0.25) is 10.0 Å². The molecule has 0 fully saturated rings. The molecule has 0 radical (unpaired) electrons. The van der Waals surface area contributed by atoms with Crippen LogP contribution in [0, 0.1) is 0 Å². The fourth-order valence-corrected chi connectivity index (χ4v) is 3.77. The highest BCUT2D eigenvalue weighted by Gasteiger charge is 2.35. The van der Waals surface area contributed by atoms with Gasteiger partial charge in [-0.1, -0.05) is 43.3 Å². The number of sulfonamides is 1. The number of aromatic nitrogens is 2. The fraction of sp³-hybridized carbons (Fsp3) is 0.316. The van der Waals surface area contributed by atoms with Gasteiger partial charge in [-0.2, -0.15) is 5.10 Å². The number of nitrogens with one attached hydrogen (secondary N) is 2. The minimum absolute atomic E-state index is 0.184. The van der Waals surface area contributed by atoms with Crippen LogP contribution in [0.1, 0.15) is 31.5 Å². The molecule has 2 rings (SSSR count). The van der Waals surface area contributed by atoms with Gasteiger partial charge >= 0.3 is 0 Å². The normalized spacial score (nSPS) is 15.6. The SMILES string of the molecule is C=c1c(C(CC)(CO)c2ccc(Cl)cc2)n[nH]/c1=C(/C=C\C)NS(C)(=O)=O. The Morgan fingerprint density at radius 1 is 1.41 bits per heavy atom. The topological polar surface area (TPSA) is 95.1 Å². The summed E-state index contributed by atoms with van der Waals surface area (Å²) in [6.07, 6.45) is 4.98. The lowest BCUT2D eigenvalue weighted by molar-refractivity contribution is 0.211. The molecule has 8 heteroatoms. The van der Waals surface area contributed by atoms with Crippen molar-refractivity contribution in [1.82, 2.24) is 14.9 Å². The van der Waals surface area contributed by atoms with Crippen LogP contribution in [0.5, 0.6) is 0 Å². The Morgan fingerprint density at radius 3 is 2.52 bits per heavy atom. The maximum Gasteiger partial charge on any atom is 0.229 e. The van der Waals surface area contributed by atoms with Crippen LogP contribution in [0.3, 0.4) is 0 Å². The maximum absolute atomic E-state index is 11.7. The summed E-state index contributed by atoms with van der Waals surface area (Å²) in [6, 6.07) is 7.22. The maximum atomic E-state index is 11.7. The molecule has 1 aromatic carbocycles. The second-order valence-corrected chi connectivity index (χ2v) is 8.50. The predicted molar refractivity (Wildman–Crippen MR) is 109 cm³/mol. The zero-order chi connectivity index (χ0) is 20.2. The van der Waals surface area contributed by atoms with Crippen molar-refractivity contribution in [3.8, 4) is 0 Å². The van der Waals surface area contributed by atoms with Crippen molar-refractivity contribution in [3.63, 3.8) is 0 Å². The van der Waals surface area contributed by atoms with Crippen LogP contribution < -0.4 is 15.3 Å². The van der Waals surface area contributed by atoms with Gasteiger partial charge in [0.1, 0.15) is 0 Å². The molecule has 0 saturated heterocycles. The van der Waals surface area contributed by atoms with Crippen LogP contribution in [0.4, 0.5) is 0 Å². The molecule has 3 N–H and O–H groups in total. The molecule has 1 unspecified atom stereocenters. The van der Waals surface area contributed by atoms with E-state index in [0.717, 1.165) is 11.8 Å². The molecule has 6 nitrogen and oxygen atoms in total. The van der Waals surface area contributed by atoms with Crippen LogP contribution in [0.15, 0.2) is 36.4 Å². The van der Waals surface area contributed by atoms with E-state index in [1.807, 2.05) is 19.1 Å². The number of nitrogens with zero attached hydrogens (tertiary/aromatic N) is 1. The zero-order valence-electron chi connectivity index (χ0n) is 15.6. The molecule has 146 valence electrons. The van der Waals surface area contributed by atoms with E-state index in [1.54, 1.807) is 31.2 Å². The lowest BCUT2D eigenvalue weighted by atomic mass is 9.75. The highest BCUT2D eigenvalue weighted by Crippen LogP contribution is 2.32. The van der Waals surface area contributed by atoms with Crippen molar-refractivity contribution in [2.24, 2.45) is 0 Å². The molecule has 27 heavy (non-hydrogen) atoms. The third-order valence-corrected chi connectivity index (χ3v) is 5.33. The smallest absolute Gasteiger partial charge is 0.229 e. The highest BCUT2D eigenvalue weighted by molar-refractivity contribution is 7.89. The molecule has 0 bridgehead atoms. The quantitative estimate of drug-likeness (QED) is 0.644. The summed E-state index contributed by atoms with van der Waals surface area (Å²) >= 11 is 5.99. The van der Waals surface area contributed by atoms with E-state index >= 15 is 0 Å². The first-order valence-corrected chi connectivity index (χ1v) is 10.7. The minimum Gasteiger partial charge on any atom is -0.395 e. The Morgan fingerprint density at radius 2 is 2.04 bits per heavy atom. The van der Waals surface area contributed by atoms with Gasteiger partial charge in [-0.15, -0.1) is 0 Å². The molecule has 1 heterocycles. The first kappa shape index (κ1) is 21.2. The Balaban J connectivity index is 2.76. The monoisotopic (exact) mass is 409 g/mol. The van der Waals surface area contributed by atoms with Crippen molar-refractivity contribution >= 4 is 33.9 Å². The number of hydrogen-bond donors (Lipinski definition) is 3. The number of hydrogen-bond acceptors (Lipinski definition) is 4. The Hall–Kier alpha value is -2.09. The summed E-state index contributed by atoms with van der Waals surface area (Å²) in [7, 11) is -3.48. The van der Waals surface area contributed by atoms with E-state index in [1.165, 1.54) is 0 Å². The molecular weight excluding hydrogens is 386 g/mol. The van der Waals surface area contributed by atoms with Crippen molar-refractivity contribution in [1.29, 1.82) is 0 Å². The number of aromatic amines is 1. The molecule has 2 aromatic rings. The van der Waals surface area contributed by atoms with Crippen LogP contribution in [-0.4, -0.2) is 36.6 Å². The van der Waals surface area contributed by atoms with Crippen LogP contribution in [0.2, 0.25) is 5.02 Å². The van der Waals surface area contributed by atoms with Gasteiger partial charge in [0.25, 0.3) is 0 Å². The number of H-pyrrole nitrogens is 1. The summed E-state index contributed by atoms with van der Waals surface area (Å²) in [5.41, 5.74) is 0.955. The van der Waals surface area contributed by atoms with Gasteiger partial charge in [0.05, 0.1) is 35.0 Å². The average molecular weight is 410 g/mol. The van der Waals surface area contributed by atoms with Gasteiger partial charge in [-0.3, -0.25) is 9.82 Å². The van der Waals surface area contributed by atoms with Crippen molar-refractivity contribution in [2.45, 2.75) is 25.7 Å². The summed E-state index contributed by atoms with van der Waals surface area (Å²) in [5, 5.41) is 19.1. The summed E-state index contributed by atoms with van der Waals surface area (Å²) in [4.78, 5) is 0. The van der Waals surface area contributed by atoms with Gasteiger partial charge in [0.15, 0.2) is 0 Å². The van der Waals surface area contributed by atoms with E-state index in [2.05, 4.69) is 21.5 Å². The number of benzene rings is 1. The van der Waals surface area contributed by atoms with Crippen LogP contribution in [-0.2, 0) is 15.4 Å². The standard InChI is InChI=1S/C19H24ClN3O3S/c1-5-7-16(23-27(4,25)26)17-13(3)18(22-21-17)19(6-2,12-24)14-8-10-15(20)11-9-14/h5,7-11,21,23-24H,3,6,12H2,1-2,4H3/b7-5-,17-16-. The predicted octanol–water partition coefficient (Wildman–Crippen LogP) is 1.40. The number of allylic oxidation sites excluding steroid dienone is 1. The van der Waals surface area contributed by atoms with Crippen molar-refractivity contribution in [2.75, 3.05) is 12.9 Å². The Kier molecular flexibility index (Phi) is 6.51. The lowest BCUT2D eigenvalue weighted by Crippen LogP contribution is -2.40. The van der Waals surface area contributed by atoms with E-state index in [9.17, 15) is 13.5 Å². The third-order valence-electron chi connectivity index (χ3n) is 4.49. The average Bonchev–Trinajstić information content (AvgIpc) is 2.99. The van der Waals surface area contributed by atoms with Crippen molar-refractivity contribution < 1.29 is 13.5 Å². The molecule has 1 aromatic heterocycles. The summed E-state index contributed by atoms with van der Waals surface area (Å²) < 4.78 is 25.9. The number of aliphatic hydroxyl groups is 1. The number of rotatable bonds is 7. The van der Waals surface area contributed by atoms with E-state index in [4.69, 9.17) is 11.6 Å². The number of aliphatic hydroxyl groups excluding tert-OH is 1. The lowest BCUT2D eigenvalue weighted by Gasteiger charge is -2.29. The molecule has 0 aliphatic carbocycles. The molecule has 0 aliphatic heterocycles. The Labute approximate surface area is 164 Å². The van der Waals surface area contributed by atoms with Crippen molar-refractivity contribution in [3.05, 3.63) is 63.3 Å². The fourth-order valence-electron chi connectivity index (χ4n) is 3.07. The molecule has 0 spiro atoms. The molecule has 0 amide bonds. The van der Waals surface area contributed by atoms with Crippen LogP contribution in [0.25, 0.3) is 12.3 Å². The van der Waals surface area contributed by atoms with Gasteiger partial charge in [-0.25, -0.2) is 8.42 Å². The minimum atomic E-state index is -3.48. The zero-order valence-corrected chi connectivity index (χ0v) is 17.2. The molecule has 0 saturated carbocycles. The number of halogens is 1. The molecule has 0 aliphatic rings. The van der Waals surface area contributed by atoms with Crippen LogP contribution >= 0.6 is 11.6 Å². The third kappa shape index (κ3) is 4.43. The first-order chi connectivity index (χ1) is 12.7. The van der Waals surface area contributed by atoms with E-state index in [0.29, 0.717) is 33.4 Å². The molecular formula is C19H24ClN3O3S. The highest BCUT2D eigenvalue weighted by atomic mass is 35.5. The van der Waals surface area contributed by atoms with Gasteiger partial charge in [-0.05, 0) is 37.1 Å². The van der Waals surface area contributed by atoms with Gasteiger partial charge in [0, 0.05) is 10.2 Å². The second-order valence-electron chi connectivity index (χ2n) is 6.31. The summed E-state index contributed by atoms with van der Waals surface area (Å²) in [6.45, 7) is 7.64.